The molecule has 0 radical (unpaired) electrons. The average Bonchev–Trinajstić information content (AvgIpc) is 2.66. The zero-order chi connectivity index (χ0) is 19.4. The maximum absolute atomic E-state index is 12.7. The van der Waals surface area contributed by atoms with Gasteiger partial charge in [-0.2, -0.15) is 0 Å². The number of benzene rings is 2. The molecule has 1 heterocycles. The summed E-state index contributed by atoms with van der Waals surface area (Å²) >= 11 is 6.07. The van der Waals surface area contributed by atoms with Crippen LogP contribution in [0.2, 0.25) is 5.02 Å². The van der Waals surface area contributed by atoms with Gasteiger partial charge in [-0.15, -0.1) is 0 Å². The van der Waals surface area contributed by atoms with E-state index in [-0.39, 0.29) is 11.9 Å². The fourth-order valence-electron chi connectivity index (χ4n) is 3.45. The molecule has 0 spiro atoms. The van der Waals surface area contributed by atoms with Crippen LogP contribution in [0.4, 0.5) is 0 Å². The smallest absolute Gasteiger partial charge is 0.251 e. The van der Waals surface area contributed by atoms with E-state index in [4.69, 9.17) is 11.6 Å². The molecule has 27 heavy (non-hydrogen) atoms. The number of halogens is 1. The summed E-state index contributed by atoms with van der Waals surface area (Å²) in [5, 5.41) is 3.87. The van der Waals surface area contributed by atoms with Crippen molar-refractivity contribution >= 4 is 17.5 Å². The number of rotatable bonds is 5. The third kappa shape index (κ3) is 5.10. The molecule has 0 bridgehead atoms. The molecule has 4 nitrogen and oxygen atoms in total. The van der Waals surface area contributed by atoms with Gasteiger partial charge in [0.1, 0.15) is 0 Å². The number of amides is 1. The summed E-state index contributed by atoms with van der Waals surface area (Å²) in [6.07, 6.45) is 0. The molecule has 1 saturated heterocycles. The van der Waals surface area contributed by atoms with Crippen molar-refractivity contribution in [2.24, 2.45) is 0 Å². The van der Waals surface area contributed by atoms with Crippen LogP contribution in [0.5, 0.6) is 0 Å². The number of carbonyl (C=O) groups excluding carboxylic acids is 1. The minimum absolute atomic E-state index is 0.0220. The van der Waals surface area contributed by atoms with Crippen molar-refractivity contribution < 1.29 is 4.79 Å². The molecule has 1 aliphatic rings. The molecule has 0 aromatic heterocycles. The minimum atomic E-state index is -0.0220. The van der Waals surface area contributed by atoms with E-state index in [1.807, 2.05) is 37.3 Å². The van der Waals surface area contributed by atoms with Crippen LogP contribution in [0, 0.1) is 13.8 Å². The van der Waals surface area contributed by atoms with Gasteiger partial charge in [-0.1, -0.05) is 29.8 Å². The summed E-state index contributed by atoms with van der Waals surface area (Å²) in [6.45, 7) is 8.72. The van der Waals surface area contributed by atoms with Crippen LogP contribution in [0.15, 0.2) is 42.5 Å². The van der Waals surface area contributed by atoms with Crippen molar-refractivity contribution in [2.75, 3.05) is 39.8 Å². The largest absolute Gasteiger partial charge is 0.350 e. The van der Waals surface area contributed by atoms with Crippen LogP contribution in [-0.2, 0) is 0 Å². The Kier molecular flexibility index (Phi) is 6.53. The molecule has 3 rings (SSSR count). The van der Waals surface area contributed by atoms with Crippen molar-refractivity contribution in [2.45, 2.75) is 19.9 Å². The highest BCUT2D eigenvalue weighted by Crippen LogP contribution is 2.23. The molecule has 144 valence electrons. The zero-order valence-electron chi connectivity index (χ0n) is 16.3. The molecule has 1 unspecified atom stereocenters. The van der Waals surface area contributed by atoms with Crippen LogP contribution in [0.3, 0.4) is 0 Å². The van der Waals surface area contributed by atoms with Crippen LogP contribution in [-0.4, -0.2) is 55.5 Å². The van der Waals surface area contributed by atoms with Crippen LogP contribution in [0.1, 0.15) is 33.1 Å². The summed E-state index contributed by atoms with van der Waals surface area (Å²) in [5.41, 5.74) is 4.23. The normalized spacial score (nSPS) is 16.9. The topological polar surface area (TPSA) is 35.6 Å². The highest BCUT2D eigenvalue weighted by molar-refractivity contribution is 6.30. The van der Waals surface area contributed by atoms with E-state index in [1.54, 1.807) is 0 Å². The Morgan fingerprint density at radius 1 is 1.04 bits per heavy atom. The maximum Gasteiger partial charge on any atom is 0.251 e. The molecule has 1 aliphatic heterocycles. The van der Waals surface area contributed by atoms with Crippen molar-refractivity contribution in [3.8, 4) is 0 Å². The van der Waals surface area contributed by atoms with Gasteiger partial charge >= 0.3 is 0 Å². The van der Waals surface area contributed by atoms with E-state index in [0.29, 0.717) is 12.1 Å². The summed E-state index contributed by atoms with van der Waals surface area (Å²) in [6, 6.07) is 14.0. The molecule has 1 atom stereocenters. The van der Waals surface area contributed by atoms with Crippen molar-refractivity contribution in [1.82, 2.24) is 15.1 Å². The summed E-state index contributed by atoms with van der Waals surface area (Å²) < 4.78 is 0. The predicted octanol–water partition coefficient (Wildman–Crippen LogP) is 3.68. The summed E-state index contributed by atoms with van der Waals surface area (Å²) in [4.78, 5) is 17.5. The monoisotopic (exact) mass is 385 g/mol. The molecular weight excluding hydrogens is 358 g/mol. The highest BCUT2D eigenvalue weighted by Gasteiger charge is 2.24. The molecule has 5 heteroatoms. The third-order valence-corrected chi connectivity index (χ3v) is 5.71. The quantitative estimate of drug-likeness (QED) is 0.852. The van der Waals surface area contributed by atoms with Crippen LogP contribution >= 0.6 is 11.6 Å². The second-order valence-corrected chi connectivity index (χ2v) is 7.85. The van der Waals surface area contributed by atoms with Crippen LogP contribution < -0.4 is 5.32 Å². The number of carbonyl (C=O) groups is 1. The lowest BCUT2D eigenvalue weighted by atomic mass is 10.0. The molecule has 2 aromatic rings. The zero-order valence-corrected chi connectivity index (χ0v) is 17.1. The Bertz CT molecular complexity index is 783. The standard InChI is InChI=1S/C22H28ClN3O/c1-16-4-5-19(14-17(16)2)22(27)24-15-21(18-6-8-20(23)9-7-18)26-12-10-25(3)11-13-26/h4-9,14,21H,10-13,15H2,1-3H3,(H,24,27). The number of likely N-dealkylation sites (N-methyl/N-ethyl adjacent to an activating group) is 1. The molecule has 2 aromatic carbocycles. The van der Waals surface area contributed by atoms with Crippen molar-refractivity contribution in [3.63, 3.8) is 0 Å². The number of nitrogens with zero attached hydrogens (tertiary/aromatic N) is 2. The lowest BCUT2D eigenvalue weighted by molar-refractivity contribution is 0.0886. The number of piperazine rings is 1. The first-order valence-corrected chi connectivity index (χ1v) is 9.85. The first-order valence-electron chi connectivity index (χ1n) is 9.47. The van der Waals surface area contributed by atoms with Crippen LogP contribution in [0.25, 0.3) is 0 Å². The van der Waals surface area contributed by atoms with Gasteiger partial charge in [-0.05, 0) is 61.9 Å². The Hall–Kier alpha value is -1.88. The number of aryl methyl sites for hydroxylation is 2. The van der Waals surface area contributed by atoms with Crippen molar-refractivity contribution in [3.05, 3.63) is 69.7 Å². The molecule has 1 N–H and O–H groups in total. The second-order valence-electron chi connectivity index (χ2n) is 7.42. The first-order chi connectivity index (χ1) is 12.9. The second kappa shape index (κ2) is 8.87. The van der Waals surface area contributed by atoms with Gasteiger partial charge in [0.05, 0.1) is 6.04 Å². The predicted molar refractivity (Wildman–Crippen MR) is 112 cm³/mol. The van der Waals surface area contributed by atoms with E-state index >= 15 is 0 Å². The van der Waals surface area contributed by atoms with Gasteiger partial charge in [-0.3, -0.25) is 9.69 Å². The van der Waals surface area contributed by atoms with E-state index in [2.05, 4.69) is 41.2 Å². The van der Waals surface area contributed by atoms with E-state index in [9.17, 15) is 4.79 Å². The molecule has 0 aliphatic carbocycles. The number of nitrogens with one attached hydrogen (secondary N) is 1. The SMILES string of the molecule is Cc1ccc(C(=O)NCC(c2ccc(Cl)cc2)N2CCN(C)CC2)cc1C. The maximum atomic E-state index is 12.7. The summed E-state index contributed by atoms with van der Waals surface area (Å²) in [7, 11) is 2.15. The van der Waals surface area contributed by atoms with Crippen molar-refractivity contribution in [1.29, 1.82) is 0 Å². The van der Waals surface area contributed by atoms with Gasteiger partial charge in [0.15, 0.2) is 0 Å². The van der Waals surface area contributed by atoms with E-state index in [0.717, 1.165) is 36.8 Å². The van der Waals surface area contributed by atoms with E-state index < -0.39 is 0 Å². The van der Waals surface area contributed by atoms with Gasteiger partial charge < -0.3 is 10.2 Å². The van der Waals surface area contributed by atoms with Gasteiger partial charge in [-0.25, -0.2) is 0 Å². The molecular formula is C22H28ClN3O. The lowest BCUT2D eigenvalue weighted by Crippen LogP contribution is -2.48. The fraction of sp³-hybridized carbons (Fsp3) is 0.409. The van der Waals surface area contributed by atoms with Gasteiger partial charge in [0.2, 0.25) is 0 Å². The number of hydrogen-bond donors (Lipinski definition) is 1. The molecule has 1 fully saturated rings. The summed E-state index contributed by atoms with van der Waals surface area (Å²) in [5.74, 6) is -0.0220. The lowest BCUT2D eigenvalue weighted by Gasteiger charge is -2.38. The molecule has 0 saturated carbocycles. The first kappa shape index (κ1) is 19.9. The Morgan fingerprint density at radius 2 is 1.70 bits per heavy atom. The number of hydrogen-bond acceptors (Lipinski definition) is 3. The van der Waals surface area contributed by atoms with Gasteiger partial charge in [0, 0.05) is 43.3 Å². The molecule has 1 amide bonds. The Balaban J connectivity index is 1.73. The Labute approximate surface area is 167 Å². The fourth-order valence-corrected chi connectivity index (χ4v) is 3.58. The highest BCUT2D eigenvalue weighted by atomic mass is 35.5. The van der Waals surface area contributed by atoms with Gasteiger partial charge in [0.25, 0.3) is 5.91 Å². The Morgan fingerprint density at radius 3 is 2.33 bits per heavy atom. The van der Waals surface area contributed by atoms with E-state index in [1.165, 1.54) is 11.1 Å². The third-order valence-electron chi connectivity index (χ3n) is 5.46. The minimum Gasteiger partial charge on any atom is -0.350 e. The average molecular weight is 386 g/mol.